The molecule has 0 aromatic heterocycles. The number of aliphatic hydroxyl groups excluding tert-OH is 2. The van der Waals surface area contributed by atoms with Crippen molar-refractivity contribution in [1.29, 1.82) is 0 Å². The summed E-state index contributed by atoms with van der Waals surface area (Å²) in [6, 6.07) is 19.7. The molecule has 0 radical (unpaired) electrons. The standard InChI is InChI=1S/C33H39N5O5/c1-22-9-11-25(12-10-22)18-34-36-33(43)29-17-28(38-15-5-8-31(38)41)13-14-30(29)35-32(42)27-7-4-6-26(16-27)21-37(19-23(2)39)20-24(3)40/h4,6-7,9-14,16-18,23-24,39-40H,5,8,15,19-21H2,1-3H3,(H,35,42)(H,36,43)/b34-18+. The van der Waals surface area contributed by atoms with Crippen LogP contribution in [-0.2, 0) is 11.3 Å². The number of rotatable bonds is 12. The van der Waals surface area contributed by atoms with Crippen LogP contribution in [0.1, 0.15) is 64.1 Å². The number of hydrazone groups is 1. The highest BCUT2D eigenvalue weighted by molar-refractivity contribution is 6.10. The second kappa shape index (κ2) is 14.7. The van der Waals surface area contributed by atoms with Crippen molar-refractivity contribution in [2.45, 2.75) is 52.4 Å². The predicted molar refractivity (Wildman–Crippen MR) is 167 cm³/mol. The minimum Gasteiger partial charge on any atom is -0.392 e. The molecule has 4 N–H and O–H groups in total. The van der Waals surface area contributed by atoms with E-state index in [2.05, 4.69) is 15.8 Å². The first-order chi connectivity index (χ1) is 20.6. The largest absolute Gasteiger partial charge is 0.392 e. The fraction of sp³-hybridized carbons (Fsp3) is 0.333. The zero-order chi connectivity index (χ0) is 30.9. The summed E-state index contributed by atoms with van der Waals surface area (Å²) in [7, 11) is 0. The van der Waals surface area contributed by atoms with Crippen molar-refractivity contribution < 1.29 is 24.6 Å². The SMILES string of the molecule is Cc1ccc(/C=N/NC(=O)c2cc(N3CCCC3=O)ccc2NC(=O)c2cccc(CN(CC(C)O)CC(C)O)c2)cc1. The number of nitrogens with one attached hydrogen (secondary N) is 2. The van der Waals surface area contributed by atoms with E-state index in [0.29, 0.717) is 43.9 Å². The zero-order valence-corrected chi connectivity index (χ0v) is 24.8. The Morgan fingerprint density at radius 2 is 1.72 bits per heavy atom. The number of nitrogens with zero attached hydrogens (tertiary/aromatic N) is 3. The van der Waals surface area contributed by atoms with E-state index >= 15 is 0 Å². The molecule has 1 heterocycles. The van der Waals surface area contributed by atoms with Gasteiger partial charge in [-0.15, -0.1) is 0 Å². The highest BCUT2D eigenvalue weighted by Gasteiger charge is 2.24. The summed E-state index contributed by atoms with van der Waals surface area (Å²) >= 11 is 0. The number of aryl methyl sites for hydroxylation is 1. The first-order valence-electron chi connectivity index (χ1n) is 14.4. The Bertz CT molecular complexity index is 1460. The Morgan fingerprint density at radius 1 is 1.00 bits per heavy atom. The van der Waals surface area contributed by atoms with Crippen LogP contribution in [0.25, 0.3) is 0 Å². The van der Waals surface area contributed by atoms with Gasteiger partial charge in [0.1, 0.15) is 0 Å². The van der Waals surface area contributed by atoms with Crippen LogP contribution in [0.3, 0.4) is 0 Å². The van der Waals surface area contributed by atoms with Gasteiger partial charge in [0.05, 0.1) is 29.7 Å². The van der Waals surface area contributed by atoms with Gasteiger partial charge in [0, 0.05) is 43.9 Å². The zero-order valence-electron chi connectivity index (χ0n) is 24.8. The van der Waals surface area contributed by atoms with Crippen molar-refractivity contribution in [2.75, 3.05) is 29.9 Å². The second-order valence-corrected chi connectivity index (χ2v) is 11.0. The van der Waals surface area contributed by atoms with Crippen molar-refractivity contribution >= 4 is 35.3 Å². The average Bonchev–Trinajstić information content (AvgIpc) is 3.39. The van der Waals surface area contributed by atoms with Crippen LogP contribution in [0.4, 0.5) is 11.4 Å². The van der Waals surface area contributed by atoms with Gasteiger partial charge in [-0.25, -0.2) is 5.43 Å². The molecular weight excluding hydrogens is 546 g/mol. The van der Waals surface area contributed by atoms with Gasteiger partial charge in [-0.05, 0) is 68.7 Å². The van der Waals surface area contributed by atoms with Gasteiger partial charge < -0.3 is 20.4 Å². The second-order valence-electron chi connectivity index (χ2n) is 11.0. The van der Waals surface area contributed by atoms with Crippen LogP contribution >= 0.6 is 0 Å². The Hall–Kier alpha value is -4.38. The molecule has 1 aliphatic heterocycles. The third kappa shape index (κ3) is 9.05. The summed E-state index contributed by atoms with van der Waals surface area (Å²) in [5.41, 5.74) is 6.70. The lowest BCUT2D eigenvalue weighted by atomic mass is 10.1. The molecule has 10 nitrogen and oxygen atoms in total. The van der Waals surface area contributed by atoms with Crippen LogP contribution in [0.2, 0.25) is 0 Å². The van der Waals surface area contributed by atoms with E-state index in [1.807, 2.05) is 42.2 Å². The monoisotopic (exact) mass is 585 g/mol. The summed E-state index contributed by atoms with van der Waals surface area (Å²) in [5, 5.41) is 26.7. The molecule has 2 unspecified atom stereocenters. The van der Waals surface area contributed by atoms with E-state index in [9.17, 15) is 24.6 Å². The van der Waals surface area contributed by atoms with E-state index in [-0.39, 0.29) is 17.2 Å². The highest BCUT2D eigenvalue weighted by atomic mass is 16.3. The molecular formula is C33H39N5O5. The Kier molecular flexibility index (Phi) is 10.8. The highest BCUT2D eigenvalue weighted by Crippen LogP contribution is 2.27. The molecule has 2 atom stereocenters. The van der Waals surface area contributed by atoms with E-state index < -0.39 is 24.0 Å². The van der Waals surface area contributed by atoms with Gasteiger partial charge in [-0.2, -0.15) is 5.10 Å². The van der Waals surface area contributed by atoms with Gasteiger partial charge in [0.2, 0.25) is 5.91 Å². The third-order valence-electron chi connectivity index (χ3n) is 6.98. The summed E-state index contributed by atoms with van der Waals surface area (Å²) in [6.45, 7) is 7.09. The number of hydrogen-bond acceptors (Lipinski definition) is 7. The summed E-state index contributed by atoms with van der Waals surface area (Å²) < 4.78 is 0. The summed E-state index contributed by atoms with van der Waals surface area (Å²) in [5.74, 6) is -0.966. The molecule has 3 aromatic rings. The van der Waals surface area contributed by atoms with Crippen LogP contribution in [0.5, 0.6) is 0 Å². The molecule has 3 amide bonds. The van der Waals surface area contributed by atoms with Crippen molar-refractivity contribution in [3.8, 4) is 0 Å². The summed E-state index contributed by atoms with van der Waals surface area (Å²) in [6.07, 6.45) is 1.57. The van der Waals surface area contributed by atoms with Gasteiger partial charge in [-0.1, -0.05) is 42.0 Å². The fourth-order valence-electron chi connectivity index (χ4n) is 5.01. The molecule has 226 valence electrons. The van der Waals surface area contributed by atoms with Gasteiger partial charge in [-0.3, -0.25) is 19.3 Å². The van der Waals surface area contributed by atoms with Crippen LogP contribution in [-0.4, -0.2) is 70.9 Å². The maximum Gasteiger partial charge on any atom is 0.273 e. The average molecular weight is 586 g/mol. The van der Waals surface area contributed by atoms with Gasteiger partial charge in [0.15, 0.2) is 0 Å². The third-order valence-corrected chi connectivity index (χ3v) is 6.98. The number of amides is 3. The summed E-state index contributed by atoms with van der Waals surface area (Å²) in [4.78, 5) is 42.6. The van der Waals surface area contributed by atoms with Crippen molar-refractivity contribution in [1.82, 2.24) is 10.3 Å². The Morgan fingerprint density at radius 3 is 2.37 bits per heavy atom. The predicted octanol–water partition coefficient (Wildman–Crippen LogP) is 3.70. The lowest BCUT2D eigenvalue weighted by Gasteiger charge is -2.25. The number of hydrogen-bond donors (Lipinski definition) is 4. The maximum absolute atomic E-state index is 13.4. The minimum atomic E-state index is -0.574. The quantitative estimate of drug-likeness (QED) is 0.189. The molecule has 3 aromatic carbocycles. The number of carbonyl (C=O) groups excluding carboxylic acids is 3. The molecule has 0 bridgehead atoms. The van der Waals surface area contributed by atoms with Gasteiger partial charge in [0.25, 0.3) is 11.8 Å². The maximum atomic E-state index is 13.4. The Balaban J connectivity index is 1.55. The number of aliphatic hydroxyl groups is 2. The van der Waals surface area contributed by atoms with Crippen molar-refractivity contribution in [3.05, 3.63) is 94.5 Å². The molecule has 1 saturated heterocycles. The molecule has 0 spiro atoms. The molecule has 1 aliphatic rings. The molecule has 10 heteroatoms. The van der Waals surface area contributed by atoms with E-state index in [1.165, 1.54) is 6.21 Å². The van der Waals surface area contributed by atoms with E-state index in [4.69, 9.17) is 0 Å². The number of benzene rings is 3. The number of anilines is 2. The molecule has 43 heavy (non-hydrogen) atoms. The first-order valence-corrected chi connectivity index (χ1v) is 14.4. The minimum absolute atomic E-state index is 0.0161. The van der Waals surface area contributed by atoms with E-state index in [0.717, 1.165) is 23.1 Å². The molecule has 1 fully saturated rings. The van der Waals surface area contributed by atoms with Crippen molar-refractivity contribution in [3.63, 3.8) is 0 Å². The lowest BCUT2D eigenvalue weighted by molar-refractivity contribution is -0.117. The smallest absolute Gasteiger partial charge is 0.273 e. The van der Waals surface area contributed by atoms with Crippen molar-refractivity contribution in [2.24, 2.45) is 5.10 Å². The molecule has 0 saturated carbocycles. The normalized spacial score (nSPS) is 14.7. The number of carbonyl (C=O) groups is 3. The molecule has 4 rings (SSSR count). The van der Waals surface area contributed by atoms with Crippen LogP contribution in [0, 0.1) is 6.92 Å². The fourth-order valence-corrected chi connectivity index (χ4v) is 5.01. The van der Waals surface area contributed by atoms with Gasteiger partial charge >= 0.3 is 0 Å². The topological polar surface area (TPSA) is 135 Å². The lowest BCUT2D eigenvalue weighted by Crippen LogP contribution is -2.35. The van der Waals surface area contributed by atoms with E-state index in [1.54, 1.807) is 55.1 Å². The Labute approximate surface area is 252 Å². The molecule has 0 aliphatic carbocycles. The van der Waals surface area contributed by atoms with Crippen LogP contribution in [0.15, 0.2) is 71.8 Å². The van der Waals surface area contributed by atoms with Crippen LogP contribution < -0.4 is 15.6 Å². The first kappa shape index (κ1) is 31.6.